The van der Waals surface area contributed by atoms with Crippen LogP contribution < -0.4 is 0 Å². The van der Waals surface area contributed by atoms with E-state index < -0.39 is 16.9 Å². The molecule has 0 aromatic heterocycles. The number of nitrogens with zero attached hydrogens (tertiary/aromatic N) is 1. The van der Waals surface area contributed by atoms with Gasteiger partial charge in [-0.3, -0.25) is 14.9 Å². The summed E-state index contributed by atoms with van der Waals surface area (Å²) in [5.41, 5.74) is 0.168. The van der Waals surface area contributed by atoms with Gasteiger partial charge in [0.15, 0.2) is 6.17 Å². The number of carbonyl (C=O) groups excluding carboxylic acids is 1. The molecule has 1 rings (SSSR count). The summed E-state index contributed by atoms with van der Waals surface area (Å²) in [4.78, 5) is 21.6. The van der Waals surface area contributed by atoms with Crippen LogP contribution in [0.25, 0.3) is 0 Å². The molecule has 16 heavy (non-hydrogen) atoms. The fourth-order valence-corrected chi connectivity index (χ4v) is 1.36. The van der Waals surface area contributed by atoms with Crippen LogP contribution in [0.3, 0.4) is 0 Å². The van der Waals surface area contributed by atoms with E-state index in [0.29, 0.717) is 5.56 Å². The highest BCUT2D eigenvalue weighted by Gasteiger charge is 2.25. The minimum absolute atomic E-state index is 0.0177. The molecule has 0 aliphatic carbocycles. The van der Waals surface area contributed by atoms with Crippen LogP contribution in [0.1, 0.15) is 29.3 Å². The van der Waals surface area contributed by atoms with E-state index >= 15 is 0 Å². The molecule has 0 radical (unpaired) electrons. The fourth-order valence-electron chi connectivity index (χ4n) is 1.36. The van der Waals surface area contributed by atoms with Crippen molar-refractivity contribution in [2.45, 2.75) is 26.4 Å². The normalized spacial score (nSPS) is 12.2. The van der Waals surface area contributed by atoms with Crippen molar-refractivity contribution in [3.63, 3.8) is 0 Å². The summed E-state index contributed by atoms with van der Waals surface area (Å²) in [6.07, 6.45) is -1.66. The molecule has 1 aromatic rings. The lowest BCUT2D eigenvalue weighted by Crippen LogP contribution is -2.16. The second-order valence-corrected chi connectivity index (χ2v) is 3.52. The van der Waals surface area contributed by atoms with E-state index in [1.165, 1.54) is 19.1 Å². The van der Waals surface area contributed by atoms with Crippen molar-refractivity contribution in [2.24, 2.45) is 0 Å². The van der Waals surface area contributed by atoms with Gasteiger partial charge in [0.2, 0.25) is 5.78 Å². The number of nitro benzene ring substituents is 1. The molecule has 1 unspecified atom stereocenters. The number of rotatable bonds is 4. The zero-order chi connectivity index (χ0) is 12.3. The van der Waals surface area contributed by atoms with Gasteiger partial charge in [-0.1, -0.05) is 13.0 Å². The molecule has 0 fully saturated rings. The highest BCUT2D eigenvalue weighted by molar-refractivity contribution is 6.02. The van der Waals surface area contributed by atoms with Crippen LogP contribution in [0.4, 0.5) is 10.1 Å². The number of aryl methyl sites for hydroxylation is 1. The van der Waals surface area contributed by atoms with Crippen molar-refractivity contribution < 1.29 is 14.1 Å². The van der Waals surface area contributed by atoms with Crippen LogP contribution in [0, 0.1) is 17.0 Å². The average molecular weight is 225 g/mol. The summed E-state index contributed by atoms with van der Waals surface area (Å²) >= 11 is 0. The van der Waals surface area contributed by atoms with Gasteiger partial charge in [-0.15, -0.1) is 0 Å². The number of halogens is 1. The Morgan fingerprint density at radius 1 is 1.56 bits per heavy atom. The molecule has 0 aliphatic rings. The van der Waals surface area contributed by atoms with E-state index in [-0.39, 0.29) is 17.7 Å². The zero-order valence-corrected chi connectivity index (χ0v) is 9.07. The number of benzene rings is 1. The summed E-state index contributed by atoms with van der Waals surface area (Å²) in [7, 11) is 0. The van der Waals surface area contributed by atoms with Gasteiger partial charge in [-0.25, -0.2) is 4.39 Å². The Morgan fingerprint density at radius 2 is 2.19 bits per heavy atom. The minimum Gasteiger partial charge on any atom is -0.291 e. The topological polar surface area (TPSA) is 60.2 Å². The Hall–Kier alpha value is -1.78. The number of carbonyl (C=O) groups is 1. The van der Waals surface area contributed by atoms with E-state index in [9.17, 15) is 19.3 Å². The third kappa shape index (κ3) is 2.42. The fraction of sp³-hybridized carbons (Fsp3) is 0.364. The molecule has 0 saturated heterocycles. The number of hydrogen-bond acceptors (Lipinski definition) is 3. The molecule has 86 valence electrons. The van der Waals surface area contributed by atoms with Crippen molar-refractivity contribution in [1.29, 1.82) is 0 Å². The maximum Gasteiger partial charge on any atom is 0.280 e. The second kappa shape index (κ2) is 4.83. The predicted molar refractivity (Wildman–Crippen MR) is 57.4 cm³/mol. The lowest BCUT2D eigenvalue weighted by molar-refractivity contribution is -0.385. The molecule has 0 spiro atoms. The number of ketones is 1. The van der Waals surface area contributed by atoms with Gasteiger partial charge in [-0.2, -0.15) is 0 Å². The van der Waals surface area contributed by atoms with Crippen molar-refractivity contribution in [2.75, 3.05) is 0 Å². The van der Waals surface area contributed by atoms with Crippen molar-refractivity contribution >= 4 is 11.5 Å². The number of alkyl halides is 1. The molecule has 5 heteroatoms. The van der Waals surface area contributed by atoms with E-state index in [0.717, 1.165) is 0 Å². The number of Topliss-reactive ketones (excluding diaryl/α,β-unsaturated/α-hetero) is 1. The lowest BCUT2D eigenvalue weighted by atomic mass is 10.0. The summed E-state index contributed by atoms with van der Waals surface area (Å²) in [5, 5.41) is 10.7. The van der Waals surface area contributed by atoms with Crippen molar-refractivity contribution in [3.8, 4) is 0 Å². The smallest absolute Gasteiger partial charge is 0.280 e. The monoisotopic (exact) mass is 225 g/mol. The predicted octanol–water partition coefficient (Wildman–Crippen LogP) is 2.83. The van der Waals surface area contributed by atoms with E-state index in [1.54, 1.807) is 13.0 Å². The summed E-state index contributed by atoms with van der Waals surface area (Å²) < 4.78 is 13.2. The zero-order valence-electron chi connectivity index (χ0n) is 9.07. The molecule has 1 aromatic carbocycles. The first-order valence-electron chi connectivity index (χ1n) is 4.90. The molecule has 0 heterocycles. The van der Waals surface area contributed by atoms with Crippen LogP contribution in [0.15, 0.2) is 18.2 Å². The van der Waals surface area contributed by atoms with Crippen molar-refractivity contribution in [1.82, 2.24) is 0 Å². The van der Waals surface area contributed by atoms with Gasteiger partial charge in [0.1, 0.15) is 0 Å². The van der Waals surface area contributed by atoms with Gasteiger partial charge in [0.05, 0.1) is 10.5 Å². The molecular formula is C11H12FNO3. The Balaban J connectivity index is 3.23. The first kappa shape index (κ1) is 12.3. The quantitative estimate of drug-likeness (QED) is 0.449. The molecule has 0 amide bonds. The first-order valence-corrected chi connectivity index (χ1v) is 4.90. The van der Waals surface area contributed by atoms with Crippen LogP contribution in [-0.2, 0) is 0 Å². The lowest BCUT2D eigenvalue weighted by Gasteiger charge is -2.05. The van der Waals surface area contributed by atoms with Crippen LogP contribution in [-0.4, -0.2) is 16.9 Å². The number of nitro groups is 1. The Labute approximate surface area is 92.2 Å². The first-order chi connectivity index (χ1) is 7.47. The molecule has 0 bridgehead atoms. The Bertz CT molecular complexity index is 431. The van der Waals surface area contributed by atoms with Gasteiger partial charge in [0.25, 0.3) is 5.69 Å². The summed E-state index contributed by atoms with van der Waals surface area (Å²) in [5.74, 6) is -0.825. The van der Waals surface area contributed by atoms with Crippen LogP contribution >= 0.6 is 0 Å². The SMILES string of the molecule is CCC(F)C(=O)c1ccc(C)cc1[N+](=O)[O-]. The minimum atomic E-state index is -1.68. The van der Waals surface area contributed by atoms with Crippen molar-refractivity contribution in [3.05, 3.63) is 39.4 Å². The molecule has 1 atom stereocenters. The molecule has 4 nitrogen and oxygen atoms in total. The maximum atomic E-state index is 13.2. The van der Waals surface area contributed by atoms with Gasteiger partial charge >= 0.3 is 0 Å². The van der Waals surface area contributed by atoms with Gasteiger partial charge in [0, 0.05) is 6.07 Å². The van der Waals surface area contributed by atoms with E-state index in [1.807, 2.05) is 0 Å². The molecule has 0 saturated carbocycles. The highest BCUT2D eigenvalue weighted by Crippen LogP contribution is 2.22. The third-order valence-electron chi connectivity index (χ3n) is 2.26. The largest absolute Gasteiger partial charge is 0.291 e. The Morgan fingerprint density at radius 3 is 2.69 bits per heavy atom. The van der Waals surface area contributed by atoms with Gasteiger partial charge in [-0.05, 0) is 25.0 Å². The summed E-state index contributed by atoms with van der Waals surface area (Å²) in [6, 6.07) is 4.14. The van der Waals surface area contributed by atoms with Gasteiger partial charge < -0.3 is 0 Å². The molecule has 0 N–H and O–H groups in total. The average Bonchev–Trinajstić information content (AvgIpc) is 2.26. The highest BCUT2D eigenvalue weighted by atomic mass is 19.1. The Kier molecular flexibility index (Phi) is 3.71. The standard InChI is InChI=1S/C11H12FNO3/c1-3-9(12)11(14)8-5-4-7(2)6-10(8)13(15)16/h4-6,9H,3H2,1-2H3. The second-order valence-electron chi connectivity index (χ2n) is 3.52. The van der Waals surface area contributed by atoms with E-state index in [4.69, 9.17) is 0 Å². The number of hydrogen-bond donors (Lipinski definition) is 0. The van der Waals surface area contributed by atoms with Crippen LogP contribution in [0.2, 0.25) is 0 Å². The molecule has 0 aliphatic heterocycles. The maximum absolute atomic E-state index is 13.2. The third-order valence-corrected chi connectivity index (χ3v) is 2.26. The summed E-state index contributed by atoms with van der Waals surface area (Å²) in [6.45, 7) is 3.19. The van der Waals surface area contributed by atoms with E-state index in [2.05, 4.69) is 0 Å². The van der Waals surface area contributed by atoms with Crippen LogP contribution in [0.5, 0.6) is 0 Å². The molecular weight excluding hydrogens is 213 g/mol.